The van der Waals surface area contributed by atoms with Crippen LogP contribution in [0.3, 0.4) is 0 Å². The molecule has 4 aromatic rings. The summed E-state index contributed by atoms with van der Waals surface area (Å²) in [4.78, 5) is 43.8. The lowest BCUT2D eigenvalue weighted by atomic mass is 10.1. The molecule has 232 valence electrons. The van der Waals surface area contributed by atoms with E-state index in [4.69, 9.17) is 0 Å². The predicted molar refractivity (Wildman–Crippen MR) is 169 cm³/mol. The van der Waals surface area contributed by atoms with Crippen molar-refractivity contribution in [2.24, 2.45) is 0 Å². The Morgan fingerprint density at radius 1 is 0.909 bits per heavy atom. The summed E-state index contributed by atoms with van der Waals surface area (Å²) < 4.78 is 28.0. The van der Waals surface area contributed by atoms with Crippen LogP contribution in [-0.4, -0.2) is 61.4 Å². The Morgan fingerprint density at radius 2 is 1.57 bits per heavy atom. The van der Waals surface area contributed by atoms with Crippen molar-refractivity contribution < 1.29 is 13.6 Å². The number of carbonyl (C=O) groups excluding carboxylic acids is 1. The summed E-state index contributed by atoms with van der Waals surface area (Å²) in [6.45, 7) is 8.78. The van der Waals surface area contributed by atoms with Crippen LogP contribution in [0.5, 0.6) is 0 Å². The average Bonchev–Trinajstić information content (AvgIpc) is 3.05. The predicted octanol–water partition coefficient (Wildman–Crippen LogP) is 5.53. The highest BCUT2D eigenvalue weighted by Crippen LogP contribution is 2.22. The molecule has 0 N–H and O–H groups in total. The van der Waals surface area contributed by atoms with Crippen molar-refractivity contribution in [2.45, 2.75) is 57.9 Å². The second-order valence-electron chi connectivity index (χ2n) is 10.3. The summed E-state index contributed by atoms with van der Waals surface area (Å²) in [6, 6.07) is 13.2. The van der Waals surface area contributed by atoms with E-state index < -0.39 is 6.67 Å². The first-order valence-corrected chi connectivity index (χ1v) is 15.8. The molecule has 0 radical (unpaired) electrons. The molecule has 0 unspecified atom stereocenters. The van der Waals surface area contributed by atoms with Crippen LogP contribution in [-0.2, 0) is 36.7 Å². The fraction of sp³-hybridized carbons (Fsp3) is 0.364. The zero-order chi connectivity index (χ0) is 31.5. The summed E-state index contributed by atoms with van der Waals surface area (Å²) in [7, 11) is 0. The molecule has 2 aromatic heterocycles. The Bertz CT molecular complexity index is 1560. The van der Waals surface area contributed by atoms with E-state index in [1.54, 1.807) is 64.5 Å². The van der Waals surface area contributed by atoms with Crippen LogP contribution >= 0.6 is 11.8 Å². The van der Waals surface area contributed by atoms with E-state index in [2.05, 4.69) is 33.7 Å². The molecular formula is C33H38F2N6O2S. The van der Waals surface area contributed by atoms with Gasteiger partial charge in [-0.1, -0.05) is 68.9 Å². The Labute approximate surface area is 261 Å². The first-order valence-electron chi connectivity index (χ1n) is 14.8. The molecule has 0 saturated carbocycles. The number of aryl methyl sites for hydroxylation is 1. The second-order valence-corrected chi connectivity index (χ2v) is 11.3. The minimum absolute atomic E-state index is 0.00411. The first kappa shape index (κ1) is 32.9. The SMILES string of the molecule is CCc1cn(CC(=O)N(CCN(CC)CC)Cc2cnc(-c3ccc(CF)cc3)nc2)c(SCc2ccc(F)cc2)nc1=O. The third-order valence-electron chi connectivity index (χ3n) is 7.38. The highest BCUT2D eigenvalue weighted by Gasteiger charge is 2.19. The number of thioether (sulfide) groups is 1. The van der Waals surface area contributed by atoms with E-state index in [0.717, 1.165) is 29.8 Å². The van der Waals surface area contributed by atoms with Crippen molar-refractivity contribution in [3.63, 3.8) is 0 Å². The minimum atomic E-state index is -0.527. The van der Waals surface area contributed by atoms with Gasteiger partial charge >= 0.3 is 0 Å². The maximum absolute atomic E-state index is 13.9. The largest absolute Gasteiger partial charge is 0.335 e. The molecular weight excluding hydrogens is 582 g/mol. The summed E-state index contributed by atoms with van der Waals surface area (Å²) in [5.74, 6) is 0.551. The quantitative estimate of drug-likeness (QED) is 0.128. The molecule has 0 spiro atoms. The Balaban J connectivity index is 1.55. The van der Waals surface area contributed by atoms with E-state index in [1.165, 1.54) is 23.9 Å². The van der Waals surface area contributed by atoms with Gasteiger partial charge in [0.15, 0.2) is 11.0 Å². The zero-order valence-electron chi connectivity index (χ0n) is 25.4. The summed E-state index contributed by atoms with van der Waals surface area (Å²) >= 11 is 1.33. The maximum atomic E-state index is 13.9. The summed E-state index contributed by atoms with van der Waals surface area (Å²) in [6.07, 6.45) is 5.63. The van der Waals surface area contributed by atoms with Crippen LogP contribution in [0, 0.1) is 5.82 Å². The van der Waals surface area contributed by atoms with Crippen LogP contribution in [0.15, 0.2) is 77.1 Å². The smallest absolute Gasteiger partial charge is 0.276 e. The van der Waals surface area contributed by atoms with Gasteiger partial charge in [0, 0.05) is 60.7 Å². The van der Waals surface area contributed by atoms with Gasteiger partial charge < -0.3 is 14.4 Å². The van der Waals surface area contributed by atoms with Crippen molar-refractivity contribution >= 4 is 17.7 Å². The molecule has 0 bridgehead atoms. The van der Waals surface area contributed by atoms with E-state index in [0.29, 0.717) is 53.9 Å². The van der Waals surface area contributed by atoms with Gasteiger partial charge in [-0.2, -0.15) is 4.98 Å². The molecule has 0 fully saturated rings. The molecule has 0 aliphatic rings. The highest BCUT2D eigenvalue weighted by atomic mass is 32.2. The van der Waals surface area contributed by atoms with Gasteiger partial charge in [-0.15, -0.1) is 0 Å². The molecule has 0 saturated heterocycles. The van der Waals surface area contributed by atoms with Crippen molar-refractivity contribution in [2.75, 3.05) is 26.2 Å². The topological polar surface area (TPSA) is 84.2 Å². The molecule has 4 rings (SSSR count). The van der Waals surface area contributed by atoms with Crippen LogP contribution in [0.4, 0.5) is 8.78 Å². The lowest BCUT2D eigenvalue weighted by Gasteiger charge is -2.27. The van der Waals surface area contributed by atoms with Gasteiger partial charge in [0.05, 0.1) is 0 Å². The molecule has 0 aliphatic heterocycles. The zero-order valence-corrected chi connectivity index (χ0v) is 26.2. The lowest BCUT2D eigenvalue weighted by Crippen LogP contribution is -2.40. The molecule has 11 heteroatoms. The van der Waals surface area contributed by atoms with Crippen molar-refractivity contribution in [3.05, 3.63) is 106 Å². The average molecular weight is 621 g/mol. The van der Waals surface area contributed by atoms with Crippen molar-refractivity contribution in [1.29, 1.82) is 0 Å². The monoisotopic (exact) mass is 620 g/mol. The van der Waals surface area contributed by atoms with Crippen molar-refractivity contribution in [3.8, 4) is 11.4 Å². The van der Waals surface area contributed by atoms with Crippen LogP contribution < -0.4 is 5.56 Å². The normalized spacial score (nSPS) is 11.2. The Morgan fingerprint density at radius 3 is 2.18 bits per heavy atom. The molecule has 0 aliphatic carbocycles. The number of rotatable bonds is 15. The second kappa shape index (κ2) is 16.2. The van der Waals surface area contributed by atoms with Gasteiger partial charge in [-0.3, -0.25) is 9.59 Å². The minimum Gasteiger partial charge on any atom is -0.335 e. The third-order valence-corrected chi connectivity index (χ3v) is 8.44. The van der Waals surface area contributed by atoms with Gasteiger partial charge in [0.25, 0.3) is 5.56 Å². The van der Waals surface area contributed by atoms with Crippen LogP contribution in [0.1, 0.15) is 43.0 Å². The van der Waals surface area contributed by atoms with Gasteiger partial charge in [-0.05, 0) is 42.8 Å². The van der Waals surface area contributed by atoms with Gasteiger partial charge in [0.2, 0.25) is 5.91 Å². The van der Waals surface area contributed by atoms with E-state index in [1.807, 2.05) is 6.92 Å². The number of benzene rings is 2. The number of alkyl halides is 1. The van der Waals surface area contributed by atoms with Crippen LogP contribution in [0.25, 0.3) is 11.4 Å². The third kappa shape index (κ3) is 9.03. The van der Waals surface area contributed by atoms with E-state index in [9.17, 15) is 18.4 Å². The standard InChI is InChI=1S/C33H38F2N6O2S/c1-4-27-21-41(33(38-32(27)43)44-23-25-9-13-29(35)14-10-25)22-30(42)40(16-15-39(5-2)6-3)20-26-18-36-31(37-19-26)28-11-7-24(17-34)8-12-28/h7-14,18-19,21H,4-6,15-17,20,22-23H2,1-3H3. The lowest BCUT2D eigenvalue weighted by molar-refractivity contribution is -0.132. The summed E-state index contributed by atoms with van der Waals surface area (Å²) in [5.41, 5.74) is 3.25. The van der Waals surface area contributed by atoms with Crippen molar-refractivity contribution in [1.82, 2.24) is 29.3 Å². The number of aromatic nitrogens is 4. The molecule has 2 heterocycles. The fourth-order valence-electron chi connectivity index (χ4n) is 4.61. The maximum Gasteiger partial charge on any atom is 0.276 e. The number of hydrogen-bond donors (Lipinski definition) is 0. The number of amides is 1. The number of halogens is 2. The number of hydrogen-bond acceptors (Lipinski definition) is 7. The van der Waals surface area contributed by atoms with Gasteiger partial charge in [0.1, 0.15) is 19.0 Å². The number of carbonyl (C=O) groups is 1. The molecule has 2 aromatic carbocycles. The highest BCUT2D eigenvalue weighted by molar-refractivity contribution is 7.98. The molecule has 0 atom stereocenters. The Kier molecular flexibility index (Phi) is 12.1. The van der Waals surface area contributed by atoms with E-state index >= 15 is 0 Å². The summed E-state index contributed by atoms with van der Waals surface area (Å²) in [5, 5.41) is 0.431. The molecule has 8 nitrogen and oxygen atoms in total. The van der Waals surface area contributed by atoms with E-state index in [-0.39, 0.29) is 23.8 Å². The van der Waals surface area contributed by atoms with Crippen LogP contribution in [0.2, 0.25) is 0 Å². The number of nitrogens with zero attached hydrogens (tertiary/aromatic N) is 6. The number of likely N-dealkylation sites (N-methyl/N-ethyl adjacent to an activating group) is 1. The first-order chi connectivity index (χ1) is 21.3. The molecule has 44 heavy (non-hydrogen) atoms. The fourth-order valence-corrected chi connectivity index (χ4v) is 5.53. The Hall–Kier alpha value is -3.96. The van der Waals surface area contributed by atoms with Gasteiger partial charge in [-0.25, -0.2) is 18.7 Å². The molecule has 1 amide bonds.